The Bertz CT molecular complexity index is 1150. The van der Waals surface area contributed by atoms with E-state index in [-0.39, 0.29) is 16.7 Å². The van der Waals surface area contributed by atoms with E-state index in [0.29, 0.717) is 61.3 Å². The molecule has 2 aromatic carbocycles. The van der Waals surface area contributed by atoms with Crippen LogP contribution in [0.15, 0.2) is 51.8 Å². The van der Waals surface area contributed by atoms with Crippen LogP contribution < -0.4 is 14.8 Å². The number of carbonyl (C=O) groups excluding carboxylic acids is 1. The fourth-order valence-corrected chi connectivity index (χ4v) is 5.31. The number of rotatable bonds is 6. The molecule has 1 N–H and O–H groups in total. The molecule has 1 saturated heterocycles. The van der Waals surface area contributed by atoms with Gasteiger partial charge < -0.3 is 19.7 Å². The Morgan fingerprint density at radius 1 is 1.16 bits per heavy atom. The molecular weight excluding hydrogens is 430 g/mol. The first-order valence-corrected chi connectivity index (χ1v) is 12.3. The summed E-state index contributed by atoms with van der Waals surface area (Å²) in [6, 6.07) is 12.2. The number of amides is 1. The molecule has 8 nitrogen and oxygen atoms in total. The van der Waals surface area contributed by atoms with Crippen molar-refractivity contribution in [1.29, 1.82) is 0 Å². The number of hydrogen-bond acceptors (Lipinski definition) is 6. The van der Waals surface area contributed by atoms with Gasteiger partial charge in [0.2, 0.25) is 5.91 Å². The molecule has 0 saturated carbocycles. The van der Waals surface area contributed by atoms with Gasteiger partial charge in [-0.15, -0.1) is 4.40 Å². The summed E-state index contributed by atoms with van der Waals surface area (Å²) in [6.45, 7) is 5.82. The van der Waals surface area contributed by atoms with Crippen LogP contribution >= 0.6 is 0 Å². The molecule has 0 aromatic heterocycles. The average Bonchev–Trinajstić information content (AvgIpc) is 3.07. The van der Waals surface area contributed by atoms with Crippen LogP contribution in [0.3, 0.4) is 0 Å². The Hall–Kier alpha value is -3.07. The number of benzene rings is 2. The summed E-state index contributed by atoms with van der Waals surface area (Å²) in [5, 5.41) is 2.98. The van der Waals surface area contributed by atoms with Crippen LogP contribution in [0.5, 0.6) is 11.5 Å². The van der Waals surface area contributed by atoms with E-state index >= 15 is 0 Å². The predicted octanol–water partition coefficient (Wildman–Crippen LogP) is 3.28. The maximum atomic E-state index is 13.1. The fourth-order valence-electron chi connectivity index (χ4n) is 4.08. The SMILES string of the molecule is CCOc1ccc(OCC)c(NC(=O)C2CCCN(C3=NS(=O)(=O)c4ccccc43)C2)c1. The lowest BCUT2D eigenvalue weighted by atomic mass is 9.96. The predicted molar refractivity (Wildman–Crippen MR) is 122 cm³/mol. The smallest absolute Gasteiger partial charge is 0.285 e. The highest BCUT2D eigenvalue weighted by Gasteiger charge is 2.35. The molecule has 2 aliphatic heterocycles. The van der Waals surface area contributed by atoms with Gasteiger partial charge in [0, 0.05) is 24.7 Å². The molecule has 32 heavy (non-hydrogen) atoms. The first-order valence-electron chi connectivity index (χ1n) is 10.8. The van der Waals surface area contributed by atoms with Crippen molar-refractivity contribution in [3.8, 4) is 11.5 Å². The van der Waals surface area contributed by atoms with Crippen LogP contribution in [0, 0.1) is 5.92 Å². The Balaban J connectivity index is 1.52. The van der Waals surface area contributed by atoms with Crippen molar-refractivity contribution in [1.82, 2.24) is 4.90 Å². The summed E-state index contributed by atoms with van der Waals surface area (Å²) in [4.78, 5) is 15.3. The molecule has 0 bridgehead atoms. The van der Waals surface area contributed by atoms with Gasteiger partial charge in [0.15, 0.2) is 5.84 Å². The normalized spacial score (nSPS) is 19.1. The molecule has 1 unspecified atom stereocenters. The van der Waals surface area contributed by atoms with Crippen LogP contribution in [0.1, 0.15) is 32.3 Å². The summed E-state index contributed by atoms with van der Waals surface area (Å²) < 4.78 is 40.1. The molecule has 1 amide bonds. The summed E-state index contributed by atoms with van der Waals surface area (Å²) >= 11 is 0. The van der Waals surface area contributed by atoms with Crippen LogP contribution in [0.2, 0.25) is 0 Å². The Morgan fingerprint density at radius 2 is 1.94 bits per heavy atom. The third-order valence-corrected chi connectivity index (χ3v) is 6.85. The van der Waals surface area contributed by atoms with E-state index in [1.165, 1.54) is 0 Å². The summed E-state index contributed by atoms with van der Waals surface area (Å²) in [5.74, 6) is 1.20. The Labute approximate surface area is 188 Å². The summed E-state index contributed by atoms with van der Waals surface area (Å²) in [5.41, 5.74) is 1.16. The summed E-state index contributed by atoms with van der Waals surface area (Å²) in [7, 11) is -3.70. The van der Waals surface area contributed by atoms with Crippen LogP contribution in [-0.4, -0.2) is 51.4 Å². The average molecular weight is 458 g/mol. The Morgan fingerprint density at radius 3 is 2.72 bits per heavy atom. The zero-order chi connectivity index (χ0) is 22.7. The topological polar surface area (TPSA) is 97.3 Å². The van der Waals surface area contributed by atoms with E-state index in [1.807, 2.05) is 24.8 Å². The van der Waals surface area contributed by atoms with Gasteiger partial charge in [-0.1, -0.05) is 12.1 Å². The zero-order valence-electron chi connectivity index (χ0n) is 18.2. The highest BCUT2D eigenvalue weighted by Crippen LogP contribution is 2.32. The first-order chi connectivity index (χ1) is 15.4. The molecule has 0 spiro atoms. The number of piperidine rings is 1. The van der Waals surface area contributed by atoms with Gasteiger partial charge in [0.05, 0.1) is 24.8 Å². The number of carbonyl (C=O) groups is 1. The van der Waals surface area contributed by atoms with Gasteiger partial charge in [-0.05, 0) is 51.0 Å². The minimum atomic E-state index is -3.70. The van der Waals surface area contributed by atoms with Crippen molar-refractivity contribution in [2.24, 2.45) is 10.3 Å². The Kier molecular flexibility index (Phi) is 6.36. The van der Waals surface area contributed by atoms with Crippen LogP contribution in [0.25, 0.3) is 0 Å². The summed E-state index contributed by atoms with van der Waals surface area (Å²) in [6.07, 6.45) is 1.47. The first kappa shape index (κ1) is 22.1. The molecule has 4 rings (SSSR count). The molecule has 1 fully saturated rings. The molecule has 2 aliphatic rings. The molecule has 1 atom stereocenters. The number of likely N-dealkylation sites (tertiary alicyclic amines) is 1. The van der Waals surface area contributed by atoms with Crippen LogP contribution in [-0.2, 0) is 14.8 Å². The van der Waals surface area contributed by atoms with Gasteiger partial charge >= 0.3 is 0 Å². The second kappa shape index (κ2) is 9.20. The molecule has 2 aromatic rings. The minimum Gasteiger partial charge on any atom is -0.494 e. The fraction of sp³-hybridized carbons (Fsp3) is 0.391. The maximum absolute atomic E-state index is 13.1. The number of hydrogen-bond donors (Lipinski definition) is 1. The van der Waals surface area contributed by atoms with Crippen molar-refractivity contribution in [3.63, 3.8) is 0 Å². The number of sulfonamides is 1. The monoisotopic (exact) mass is 457 g/mol. The number of anilines is 1. The van der Waals surface area contributed by atoms with Gasteiger partial charge in [0.1, 0.15) is 16.4 Å². The van der Waals surface area contributed by atoms with E-state index < -0.39 is 10.0 Å². The van der Waals surface area contributed by atoms with Crippen molar-refractivity contribution < 1.29 is 22.7 Å². The lowest BCUT2D eigenvalue weighted by molar-refractivity contribution is -0.121. The standard InChI is InChI=1S/C23H27N3O5S/c1-3-30-17-11-12-20(31-4-2)19(14-17)24-23(27)16-8-7-13-26(15-16)22-18-9-5-6-10-21(18)32(28,29)25-22/h5-6,9-12,14,16H,3-4,7-8,13,15H2,1-2H3,(H,24,27). The minimum absolute atomic E-state index is 0.140. The number of nitrogens with one attached hydrogen (secondary N) is 1. The van der Waals surface area contributed by atoms with Gasteiger partial charge in [0.25, 0.3) is 10.0 Å². The van der Waals surface area contributed by atoms with Gasteiger partial charge in [-0.3, -0.25) is 4.79 Å². The number of fused-ring (bicyclic) bond motifs is 1. The number of amidine groups is 1. The lowest BCUT2D eigenvalue weighted by Gasteiger charge is -2.33. The number of ether oxygens (including phenoxy) is 2. The maximum Gasteiger partial charge on any atom is 0.285 e. The van der Waals surface area contributed by atoms with E-state index in [2.05, 4.69) is 9.71 Å². The van der Waals surface area contributed by atoms with Crippen molar-refractivity contribution in [2.45, 2.75) is 31.6 Å². The molecule has 9 heteroatoms. The van der Waals surface area contributed by atoms with E-state index in [4.69, 9.17) is 9.47 Å². The van der Waals surface area contributed by atoms with Gasteiger partial charge in [-0.2, -0.15) is 8.42 Å². The second-order valence-corrected chi connectivity index (χ2v) is 9.26. The highest BCUT2D eigenvalue weighted by molar-refractivity contribution is 7.90. The zero-order valence-corrected chi connectivity index (χ0v) is 19.0. The van der Waals surface area contributed by atoms with Crippen molar-refractivity contribution >= 4 is 27.5 Å². The van der Waals surface area contributed by atoms with E-state index in [9.17, 15) is 13.2 Å². The highest BCUT2D eigenvalue weighted by atomic mass is 32.2. The molecule has 170 valence electrons. The molecule has 0 aliphatic carbocycles. The van der Waals surface area contributed by atoms with Gasteiger partial charge in [-0.25, -0.2) is 0 Å². The quantitative estimate of drug-likeness (QED) is 0.715. The van der Waals surface area contributed by atoms with Crippen molar-refractivity contribution in [3.05, 3.63) is 48.0 Å². The van der Waals surface area contributed by atoms with E-state index in [0.717, 1.165) is 6.42 Å². The lowest BCUT2D eigenvalue weighted by Crippen LogP contribution is -2.43. The van der Waals surface area contributed by atoms with Crippen LogP contribution in [0.4, 0.5) is 5.69 Å². The third-order valence-electron chi connectivity index (χ3n) is 5.52. The molecular formula is C23H27N3O5S. The van der Waals surface area contributed by atoms with E-state index in [1.54, 1.807) is 36.4 Å². The molecule has 2 heterocycles. The third kappa shape index (κ3) is 4.43. The largest absolute Gasteiger partial charge is 0.494 e. The van der Waals surface area contributed by atoms with Crippen molar-refractivity contribution in [2.75, 3.05) is 31.6 Å². The number of nitrogens with zero attached hydrogens (tertiary/aromatic N) is 2. The molecule has 0 radical (unpaired) electrons. The second-order valence-electron chi connectivity index (χ2n) is 7.68.